The highest BCUT2D eigenvalue weighted by atomic mass is 16.2. The van der Waals surface area contributed by atoms with Crippen LogP contribution in [0.5, 0.6) is 0 Å². The summed E-state index contributed by atoms with van der Waals surface area (Å²) in [5, 5.41) is 3.44. The minimum Gasteiger partial charge on any atom is -0.357 e. The molecule has 0 unspecified atom stereocenters. The number of nitrogens with one attached hydrogen (secondary N) is 1. The van der Waals surface area contributed by atoms with Crippen LogP contribution < -0.4 is 5.32 Å². The number of piperazine rings is 1. The number of hydrogen-bond donors (Lipinski definition) is 1. The molecule has 2 aliphatic rings. The van der Waals surface area contributed by atoms with Crippen LogP contribution in [-0.2, 0) is 11.3 Å². The Morgan fingerprint density at radius 2 is 1.83 bits per heavy atom. The van der Waals surface area contributed by atoms with Gasteiger partial charge in [-0.15, -0.1) is 0 Å². The third-order valence-corrected chi connectivity index (χ3v) is 6.07. The molecule has 0 atom stereocenters. The molecule has 0 bridgehead atoms. The van der Waals surface area contributed by atoms with Crippen LogP contribution in [0.3, 0.4) is 0 Å². The second kappa shape index (κ2) is 11.9. The van der Waals surface area contributed by atoms with E-state index in [0.717, 1.165) is 96.4 Å². The Labute approximate surface area is 181 Å². The number of piperidine rings is 1. The Bertz CT molecular complexity index is 673. The number of imidazole rings is 1. The summed E-state index contributed by atoms with van der Waals surface area (Å²) < 4.78 is 2.19. The van der Waals surface area contributed by atoms with Crippen molar-refractivity contribution in [2.45, 2.75) is 52.5 Å². The van der Waals surface area contributed by atoms with Crippen molar-refractivity contribution in [1.29, 1.82) is 0 Å². The quantitative estimate of drug-likeness (QED) is 0.395. The van der Waals surface area contributed by atoms with Crippen molar-refractivity contribution in [2.75, 3.05) is 58.9 Å². The highest BCUT2D eigenvalue weighted by Gasteiger charge is 2.23. The molecule has 3 heterocycles. The summed E-state index contributed by atoms with van der Waals surface area (Å²) in [7, 11) is 0. The highest BCUT2D eigenvalue weighted by molar-refractivity contribution is 5.80. The molecule has 1 N–H and O–H groups in total. The first-order chi connectivity index (χ1) is 14.7. The van der Waals surface area contributed by atoms with E-state index in [-0.39, 0.29) is 0 Å². The van der Waals surface area contributed by atoms with Crippen molar-refractivity contribution in [1.82, 2.24) is 29.6 Å². The van der Waals surface area contributed by atoms with E-state index in [2.05, 4.69) is 31.6 Å². The molecule has 30 heavy (non-hydrogen) atoms. The number of carbonyl (C=O) groups is 1. The third-order valence-electron chi connectivity index (χ3n) is 6.07. The summed E-state index contributed by atoms with van der Waals surface area (Å²) in [6, 6.07) is 0. The lowest BCUT2D eigenvalue weighted by molar-refractivity contribution is -0.133. The SMILES string of the molecule is CCNC(=NCCCCn1ccnc1C)N1CCN(CC(=O)N2CCCCC2)CC1. The molecular weight excluding hydrogens is 378 g/mol. The Hall–Kier alpha value is -2.09. The molecule has 8 nitrogen and oxygen atoms in total. The van der Waals surface area contributed by atoms with Crippen molar-refractivity contribution >= 4 is 11.9 Å². The van der Waals surface area contributed by atoms with Gasteiger partial charge in [0.15, 0.2) is 5.96 Å². The highest BCUT2D eigenvalue weighted by Crippen LogP contribution is 2.10. The lowest BCUT2D eigenvalue weighted by atomic mass is 10.1. The lowest BCUT2D eigenvalue weighted by Crippen LogP contribution is -2.54. The predicted molar refractivity (Wildman–Crippen MR) is 121 cm³/mol. The Kier molecular flexibility index (Phi) is 8.99. The molecule has 1 aromatic rings. The molecule has 2 aliphatic heterocycles. The number of nitrogens with zero attached hydrogens (tertiary/aromatic N) is 6. The molecule has 2 saturated heterocycles. The van der Waals surface area contributed by atoms with E-state index in [1.807, 2.05) is 24.2 Å². The normalized spacial score (nSPS) is 18.7. The maximum absolute atomic E-state index is 12.5. The summed E-state index contributed by atoms with van der Waals surface area (Å²) in [6.07, 6.45) is 9.64. The lowest BCUT2D eigenvalue weighted by Gasteiger charge is -2.37. The van der Waals surface area contributed by atoms with E-state index in [1.165, 1.54) is 6.42 Å². The second-order valence-corrected chi connectivity index (χ2v) is 8.32. The molecule has 0 spiro atoms. The van der Waals surface area contributed by atoms with Crippen LogP contribution in [0.4, 0.5) is 0 Å². The first-order valence-corrected chi connectivity index (χ1v) is 11.7. The molecule has 0 aliphatic carbocycles. The Balaban J connectivity index is 1.39. The average Bonchev–Trinajstić information content (AvgIpc) is 3.18. The van der Waals surface area contributed by atoms with Crippen molar-refractivity contribution in [3.8, 4) is 0 Å². The molecular formula is C22H39N7O. The number of aromatic nitrogens is 2. The largest absolute Gasteiger partial charge is 0.357 e. The van der Waals surface area contributed by atoms with Crippen LogP contribution in [-0.4, -0.2) is 95.0 Å². The van der Waals surface area contributed by atoms with E-state index >= 15 is 0 Å². The molecule has 1 amide bonds. The topological polar surface area (TPSA) is 69.0 Å². The van der Waals surface area contributed by atoms with E-state index in [1.54, 1.807) is 0 Å². The molecule has 0 saturated carbocycles. The smallest absolute Gasteiger partial charge is 0.236 e. The number of amides is 1. The van der Waals surface area contributed by atoms with E-state index in [4.69, 9.17) is 4.99 Å². The third kappa shape index (κ3) is 6.72. The van der Waals surface area contributed by atoms with Gasteiger partial charge < -0.3 is 19.7 Å². The zero-order valence-electron chi connectivity index (χ0n) is 18.9. The number of unbranched alkanes of at least 4 members (excludes halogenated alkanes) is 1. The maximum atomic E-state index is 12.5. The number of aryl methyl sites for hydroxylation is 2. The summed E-state index contributed by atoms with van der Waals surface area (Å²) in [4.78, 5) is 28.3. The predicted octanol–water partition coefficient (Wildman–Crippen LogP) is 1.57. The summed E-state index contributed by atoms with van der Waals surface area (Å²) >= 11 is 0. The van der Waals surface area contributed by atoms with Gasteiger partial charge in [-0.3, -0.25) is 14.7 Å². The van der Waals surface area contributed by atoms with E-state index < -0.39 is 0 Å². The monoisotopic (exact) mass is 417 g/mol. The minimum absolute atomic E-state index is 0.303. The van der Waals surface area contributed by atoms with Gasteiger partial charge in [0.25, 0.3) is 0 Å². The maximum Gasteiger partial charge on any atom is 0.236 e. The van der Waals surface area contributed by atoms with Gasteiger partial charge in [-0.2, -0.15) is 0 Å². The molecule has 0 radical (unpaired) electrons. The number of carbonyl (C=O) groups excluding carboxylic acids is 1. The van der Waals surface area contributed by atoms with Gasteiger partial charge >= 0.3 is 0 Å². The van der Waals surface area contributed by atoms with Gasteiger partial charge in [0.2, 0.25) is 5.91 Å². The molecule has 1 aromatic heterocycles. The van der Waals surface area contributed by atoms with Crippen LogP contribution in [0, 0.1) is 6.92 Å². The second-order valence-electron chi connectivity index (χ2n) is 8.32. The van der Waals surface area contributed by atoms with E-state index in [9.17, 15) is 4.79 Å². The zero-order valence-corrected chi connectivity index (χ0v) is 18.9. The fourth-order valence-corrected chi connectivity index (χ4v) is 4.20. The Morgan fingerprint density at radius 3 is 2.50 bits per heavy atom. The number of guanidine groups is 1. The van der Waals surface area contributed by atoms with Gasteiger partial charge in [0, 0.05) is 71.3 Å². The molecule has 2 fully saturated rings. The fourth-order valence-electron chi connectivity index (χ4n) is 4.20. The van der Waals surface area contributed by atoms with Crippen LogP contribution >= 0.6 is 0 Å². The summed E-state index contributed by atoms with van der Waals surface area (Å²) in [6.45, 7) is 13.0. The van der Waals surface area contributed by atoms with Gasteiger partial charge in [-0.1, -0.05) is 0 Å². The van der Waals surface area contributed by atoms with Crippen LogP contribution in [0.1, 0.15) is 44.9 Å². The number of rotatable bonds is 8. The van der Waals surface area contributed by atoms with Crippen LogP contribution in [0.15, 0.2) is 17.4 Å². The average molecular weight is 418 g/mol. The van der Waals surface area contributed by atoms with E-state index in [0.29, 0.717) is 12.5 Å². The number of aliphatic imine (C=N–C) groups is 1. The molecule has 3 rings (SSSR count). The zero-order chi connectivity index (χ0) is 21.2. The van der Waals surface area contributed by atoms with Crippen molar-refractivity contribution in [3.05, 3.63) is 18.2 Å². The summed E-state index contributed by atoms with van der Waals surface area (Å²) in [5.41, 5.74) is 0. The minimum atomic E-state index is 0.303. The molecule has 168 valence electrons. The van der Waals surface area contributed by atoms with Crippen molar-refractivity contribution in [2.24, 2.45) is 4.99 Å². The van der Waals surface area contributed by atoms with Crippen molar-refractivity contribution in [3.63, 3.8) is 0 Å². The van der Waals surface area contributed by atoms with Gasteiger partial charge in [0.05, 0.1) is 6.54 Å². The molecule has 8 heteroatoms. The van der Waals surface area contributed by atoms with Gasteiger partial charge in [0.1, 0.15) is 5.82 Å². The van der Waals surface area contributed by atoms with Gasteiger partial charge in [-0.05, 0) is 46.0 Å². The van der Waals surface area contributed by atoms with Crippen molar-refractivity contribution < 1.29 is 4.79 Å². The van der Waals surface area contributed by atoms with Crippen LogP contribution in [0.25, 0.3) is 0 Å². The fraction of sp³-hybridized carbons (Fsp3) is 0.773. The number of likely N-dealkylation sites (tertiary alicyclic amines) is 1. The number of hydrogen-bond acceptors (Lipinski definition) is 4. The van der Waals surface area contributed by atoms with Crippen LogP contribution in [0.2, 0.25) is 0 Å². The molecule has 0 aromatic carbocycles. The first kappa shape index (κ1) is 22.6. The Morgan fingerprint density at radius 1 is 1.07 bits per heavy atom. The standard InChI is InChI=1S/C22H39N7O/c1-3-23-22(25-9-5-8-11-27-14-10-24-20(27)2)29-17-15-26(16-18-29)19-21(30)28-12-6-4-7-13-28/h10,14H,3-9,11-13,15-19H2,1-2H3,(H,23,25). The summed E-state index contributed by atoms with van der Waals surface area (Å²) in [5.74, 6) is 2.39. The first-order valence-electron chi connectivity index (χ1n) is 11.7. The van der Waals surface area contributed by atoms with Gasteiger partial charge in [-0.25, -0.2) is 4.98 Å².